The lowest BCUT2D eigenvalue weighted by molar-refractivity contribution is 0.272. The largest absolute Gasteiger partial charge is 0.493 e. The van der Waals surface area contributed by atoms with E-state index < -0.39 is 0 Å². The maximum Gasteiger partial charge on any atom is 0.161 e. The third kappa shape index (κ3) is 7.02. The Morgan fingerprint density at radius 3 is 2.19 bits per heavy atom. The quantitative estimate of drug-likeness (QED) is 0.562. The van der Waals surface area contributed by atoms with Crippen LogP contribution in [0.15, 0.2) is 42.5 Å². The predicted molar refractivity (Wildman–Crippen MR) is 108 cm³/mol. The summed E-state index contributed by atoms with van der Waals surface area (Å²) >= 11 is 0. The second-order valence-corrected chi connectivity index (χ2v) is 6.69. The second kappa shape index (κ2) is 11.3. The Morgan fingerprint density at radius 2 is 1.48 bits per heavy atom. The van der Waals surface area contributed by atoms with Crippen molar-refractivity contribution in [2.24, 2.45) is 5.92 Å². The molecule has 0 atom stereocenters. The Morgan fingerprint density at radius 1 is 0.815 bits per heavy atom. The molecule has 5 heteroatoms. The van der Waals surface area contributed by atoms with Gasteiger partial charge in [0.2, 0.25) is 0 Å². The van der Waals surface area contributed by atoms with Gasteiger partial charge in [-0.2, -0.15) is 0 Å². The van der Waals surface area contributed by atoms with E-state index in [1.165, 1.54) is 0 Å². The number of benzene rings is 2. The van der Waals surface area contributed by atoms with Crippen molar-refractivity contribution in [3.05, 3.63) is 48.0 Å². The molecular weight excluding hydrogens is 342 g/mol. The highest BCUT2D eigenvalue weighted by molar-refractivity contribution is 5.43. The van der Waals surface area contributed by atoms with E-state index in [2.05, 4.69) is 25.2 Å². The number of para-hydroxylation sites is 2. The first-order valence-corrected chi connectivity index (χ1v) is 9.40. The molecule has 1 N–H and O–H groups in total. The van der Waals surface area contributed by atoms with Crippen molar-refractivity contribution >= 4 is 0 Å². The monoisotopic (exact) mass is 373 g/mol. The van der Waals surface area contributed by atoms with Crippen molar-refractivity contribution in [2.45, 2.75) is 26.8 Å². The minimum atomic E-state index is 0.563. The summed E-state index contributed by atoms with van der Waals surface area (Å²) < 4.78 is 22.3. The molecule has 148 valence electrons. The van der Waals surface area contributed by atoms with Crippen LogP contribution in [0, 0.1) is 5.92 Å². The Hall–Kier alpha value is -2.40. The summed E-state index contributed by atoms with van der Waals surface area (Å²) in [5.41, 5.74) is 1.14. The summed E-state index contributed by atoms with van der Waals surface area (Å²) in [6.45, 7) is 7.10. The van der Waals surface area contributed by atoms with Crippen LogP contribution >= 0.6 is 0 Å². The van der Waals surface area contributed by atoms with Crippen molar-refractivity contribution in [1.82, 2.24) is 5.32 Å². The number of ether oxygens (including phenoxy) is 4. The van der Waals surface area contributed by atoms with Gasteiger partial charge in [-0.25, -0.2) is 0 Å². The van der Waals surface area contributed by atoms with Crippen LogP contribution in [0.2, 0.25) is 0 Å². The van der Waals surface area contributed by atoms with E-state index >= 15 is 0 Å². The van der Waals surface area contributed by atoms with E-state index in [9.17, 15) is 0 Å². The van der Waals surface area contributed by atoms with Gasteiger partial charge in [-0.05, 0) is 42.2 Å². The summed E-state index contributed by atoms with van der Waals surface area (Å²) in [4.78, 5) is 0. The van der Waals surface area contributed by atoms with Gasteiger partial charge in [0.25, 0.3) is 0 Å². The van der Waals surface area contributed by atoms with Crippen LogP contribution in [0.4, 0.5) is 0 Å². The molecule has 0 saturated carbocycles. The smallest absolute Gasteiger partial charge is 0.161 e. The van der Waals surface area contributed by atoms with Gasteiger partial charge in [-0.15, -0.1) is 0 Å². The lowest BCUT2D eigenvalue weighted by Crippen LogP contribution is -2.20. The maximum atomic E-state index is 5.83. The van der Waals surface area contributed by atoms with Crippen LogP contribution in [0.3, 0.4) is 0 Å². The molecule has 0 amide bonds. The molecule has 0 bridgehead atoms. The van der Waals surface area contributed by atoms with E-state index in [4.69, 9.17) is 18.9 Å². The molecule has 0 unspecified atom stereocenters. The highest BCUT2D eigenvalue weighted by Gasteiger charge is 2.07. The highest BCUT2D eigenvalue weighted by atomic mass is 16.5. The van der Waals surface area contributed by atoms with Gasteiger partial charge in [0.1, 0.15) is 6.61 Å². The summed E-state index contributed by atoms with van der Waals surface area (Å²) in [5.74, 6) is 3.68. The van der Waals surface area contributed by atoms with E-state index in [1.54, 1.807) is 14.2 Å². The lowest BCUT2D eigenvalue weighted by atomic mass is 10.1. The van der Waals surface area contributed by atoms with Crippen LogP contribution in [0.25, 0.3) is 0 Å². The highest BCUT2D eigenvalue weighted by Crippen LogP contribution is 2.28. The molecule has 0 fully saturated rings. The first kappa shape index (κ1) is 20.9. The first-order valence-electron chi connectivity index (χ1n) is 9.40. The van der Waals surface area contributed by atoms with Crippen LogP contribution in [0.1, 0.15) is 25.8 Å². The molecule has 2 aromatic carbocycles. The SMILES string of the molecule is COc1ccccc1OCCNCc1ccc(OCCC(C)C)c(OC)c1. The number of nitrogens with one attached hydrogen (secondary N) is 1. The van der Waals surface area contributed by atoms with Gasteiger partial charge in [-0.1, -0.05) is 32.0 Å². The average molecular weight is 373 g/mol. The first-order chi connectivity index (χ1) is 13.1. The van der Waals surface area contributed by atoms with Crippen molar-refractivity contribution in [2.75, 3.05) is 34.0 Å². The van der Waals surface area contributed by atoms with Crippen molar-refractivity contribution in [3.8, 4) is 23.0 Å². The molecule has 0 aliphatic carbocycles. The standard InChI is InChI=1S/C22H31NO4/c1-17(2)11-13-26-21-10-9-18(15-22(21)25-4)16-23-12-14-27-20-8-6-5-7-19(20)24-3/h5-10,15,17,23H,11-14,16H2,1-4H3. The van der Waals surface area contributed by atoms with Crippen molar-refractivity contribution in [1.29, 1.82) is 0 Å². The lowest BCUT2D eigenvalue weighted by Gasteiger charge is -2.14. The van der Waals surface area contributed by atoms with E-state index in [0.29, 0.717) is 19.1 Å². The van der Waals surface area contributed by atoms with Gasteiger partial charge >= 0.3 is 0 Å². The number of hydrogen-bond acceptors (Lipinski definition) is 5. The Balaban J connectivity index is 1.76. The van der Waals surface area contributed by atoms with Gasteiger partial charge in [-0.3, -0.25) is 0 Å². The molecule has 0 aliphatic heterocycles. The maximum absolute atomic E-state index is 5.83. The molecule has 0 aromatic heterocycles. The van der Waals surface area contributed by atoms with Crippen LogP contribution in [-0.4, -0.2) is 34.0 Å². The van der Waals surface area contributed by atoms with E-state index in [-0.39, 0.29) is 0 Å². The van der Waals surface area contributed by atoms with Gasteiger partial charge in [0, 0.05) is 13.1 Å². The molecule has 2 rings (SSSR count). The fourth-order valence-corrected chi connectivity index (χ4v) is 2.55. The second-order valence-electron chi connectivity index (χ2n) is 6.69. The van der Waals surface area contributed by atoms with Crippen molar-refractivity contribution in [3.63, 3.8) is 0 Å². The minimum Gasteiger partial charge on any atom is -0.493 e. The molecule has 0 aliphatic rings. The molecule has 0 radical (unpaired) electrons. The zero-order chi connectivity index (χ0) is 19.5. The molecule has 5 nitrogen and oxygen atoms in total. The van der Waals surface area contributed by atoms with Crippen LogP contribution in [-0.2, 0) is 6.54 Å². The third-order valence-electron chi connectivity index (χ3n) is 4.12. The van der Waals surface area contributed by atoms with E-state index in [1.807, 2.05) is 36.4 Å². The molecule has 0 heterocycles. The number of hydrogen-bond donors (Lipinski definition) is 1. The molecule has 2 aromatic rings. The fourth-order valence-electron chi connectivity index (χ4n) is 2.55. The molecule has 0 saturated heterocycles. The Kier molecular flexibility index (Phi) is 8.78. The normalized spacial score (nSPS) is 10.7. The summed E-state index contributed by atoms with van der Waals surface area (Å²) in [7, 11) is 3.31. The van der Waals surface area contributed by atoms with Crippen LogP contribution < -0.4 is 24.3 Å². The topological polar surface area (TPSA) is 49.0 Å². The fraction of sp³-hybridized carbons (Fsp3) is 0.455. The van der Waals surface area contributed by atoms with Crippen LogP contribution in [0.5, 0.6) is 23.0 Å². The van der Waals surface area contributed by atoms with Gasteiger partial charge in [0.15, 0.2) is 23.0 Å². The molecule has 0 spiro atoms. The third-order valence-corrected chi connectivity index (χ3v) is 4.12. The zero-order valence-electron chi connectivity index (χ0n) is 16.8. The van der Waals surface area contributed by atoms with Crippen molar-refractivity contribution < 1.29 is 18.9 Å². The summed E-state index contributed by atoms with van der Waals surface area (Å²) in [6.07, 6.45) is 1.03. The number of methoxy groups -OCH3 is 2. The molecule has 27 heavy (non-hydrogen) atoms. The zero-order valence-corrected chi connectivity index (χ0v) is 16.8. The van der Waals surface area contributed by atoms with Gasteiger partial charge in [0.05, 0.1) is 20.8 Å². The van der Waals surface area contributed by atoms with E-state index in [0.717, 1.165) is 48.1 Å². The minimum absolute atomic E-state index is 0.563. The summed E-state index contributed by atoms with van der Waals surface area (Å²) in [6, 6.07) is 13.7. The van der Waals surface area contributed by atoms with Gasteiger partial charge < -0.3 is 24.3 Å². The Labute approximate surface area is 162 Å². The predicted octanol–water partition coefficient (Wildman–Crippen LogP) is 4.30. The summed E-state index contributed by atoms with van der Waals surface area (Å²) in [5, 5.41) is 3.38. The Bertz CT molecular complexity index is 688. The number of rotatable bonds is 12. The average Bonchev–Trinajstić information content (AvgIpc) is 2.68. The molecular formula is C22H31NO4.